The SMILES string of the molecule is CN=c1c(F)cn(S(=O)(=O)c2cc(Cl)cc(Cl)c2)c(=O)n1C. The van der Waals surface area contributed by atoms with Crippen LogP contribution in [0.5, 0.6) is 0 Å². The van der Waals surface area contributed by atoms with E-state index in [2.05, 4.69) is 4.99 Å². The van der Waals surface area contributed by atoms with E-state index < -0.39 is 21.5 Å². The van der Waals surface area contributed by atoms with Crippen LogP contribution in [0.1, 0.15) is 0 Å². The quantitative estimate of drug-likeness (QED) is 0.807. The lowest BCUT2D eigenvalue weighted by Gasteiger charge is -2.10. The Morgan fingerprint density at radius 2 is 1.73 bits per heavy atom. The fourth-order valence-electron chi connectivity index (χ4n) is 1.83. The van der Waals surface area contributed by atoms with Gasteiger partial charge < -0.3 is 0 Å². The zero-order chi connectivity index (χ0) is 16.7. The van der Waals surface area contributed by atoms with Gasteiger partial charge in [-0.1, -0.05) is 23.2 Å². The van der Waals surface area contributed by atoms with E-state index in [1.165, 1.54) is 20.2 Å². The molecule has 0 amide bonds. The van der Waals surface area contributed by atoms with Crippen molar-refractivity contribution >= 4 is 33.2 Å². The van der Waals surface area contributed by atoms with Crippen molar-refractivity contribution in [3.63, 3.8) is 0 Å². The van der Waals surface area contributed by atoms with Crippen molar-refractivity contribution in [3.8, 4) is 0 Å². The van der Waals surface area contributed by atoms with Crippen molar-refractivity contribution in [2.24, 2.45) is 12.0 Å². The van der Waals surface area contributed by atoms with Crippen molar-refractivity contribution in [1.29, 1.82) is 0 Å². The monoisotopic (exact) mass is 365 g/mol. The topological polar surface area (TPSA) is 73.4 Å². The first-order chi connectivity index (χ1) is 10.2. The molecule has 118 valence electrons. The Morgan fingerprint density at radius 3 is 2.23 bits per heavy atom. The van der Waals surface area contributed by atoms with Crippen LogP contribution in [0.25, 0.3) is 0 Å². The highest BCUT2D eigenvalue weighted by Gasteiger charge is 2.22. The zero-order valence-corrected chi connectivity index (χ0v) is 13.7. The van der Waals surface area contributed by atoms with Gasteiger partial charge in [-0.3, -0.25) is 9.56 Å². The van der Waals surface area contributed by atoms with Crippen molar-refractivity contribution < 1.29 is 12.8 Å². The smallest absolute Gasteiger partial charge is 0.278 e. The van der Waals surface area contributed by atoms with E-state index in [-0.39, 0.29) is 24.4 Å². The molecule has 0 spiro atoms. The lowest BCUT2D eigenvalue weighted by atomic mass is 10.4. The molecule has 2 rings (SSSR count). The first-order valence-corrected chi connectivity index (χ1v) is 8.00. The van der Waals surface area contributed by atoms with Gasteiger partial charge in [0.15, 0.2) is 11.3 Å². The number of benzene rings is 1. The van der Waals surface area contributed by atoms with E-state index in [4.69, 9.17) is 23.2 Å². The molecule has 0 saturated carbocycles. The van der Waals surface area contributed by atoms with Crippen molar-refractivity contribution in [2.75, 3.05) is 7.05 Å². The van der Waals surface area contributed by atoms with Gasteiger partial charge in [0.05, 0.1) is 11.1 Å². The molecule has 0 bridgehead atoms. The predicted molar refractivity (Wildman–Crippen MR) is 80.2 cm³/mol. The summed E-state index contributed by atoms with van der Waals surface area (Å²) in [6, 6.07) is 3.57. The summed E-state index contributed by atoms with van der Waals surface area (Å²) in [5.41, 5.74) is -1.24. The van der Waals surface area contributed by atoms with E-state index in [1.807, 2.05) is 0 Å². The Kier molecular flexibility index (Phi) is 4.46. The van der Waals surface area contributed by atoms with Crippen molar-refractivity contribution in [3.05, 3.63) is 56.2 Å². The molecule has 6 nitrogen and oxygen atoms in total. The van der Waals surface area contributed by atoms with Gasteiger partial charge in [-0.2, -0.15) is 3.97 Å². The summed E-state index contributed by atoms with van der Waals surface area (Å²) in [5, 5.41) is 0.147. The largest absolute Gasteiger partial charge is 0.343 e. The average Bonchev–Trinajstić information content (AvgIpc) is 2.42. The molecule has 0 aliphatic carbocycles. The van der Waals surface area contributed by atoms with Crippen LogP contribution in [0.2, 0.25) is 10.0 Å². The number of halogens is 3. The normalized spacial score (nSPS) is 12.7. The minimum atomic E-state index is -4.35. The molecule has 1 heterocycles. The minimum Gasteiger partial charge on any atom is -0.278 e. The van der Waals surface area contributed by atoms with E-state index in [0.717, 1.165) is 16.7 Å². The molecule has 0 N–H and O–H groups in total. The summed E-state index contributed by atoms with van der Waals surface area (Å²) in [6.07, 6.45) is 0.564. The maximum Gasteiger partial charge on any atom is 0.343 e. The first-order valence-electron chi connectivity index (χ1n) is 5.81. The van der Waals surface area contributed by atoms with Crippen LogP contribution < -0.4 is 11.2 Å². The number of rotatable bonds is 2. The maximum absolute atomic E-state index is 13.9. The Labute approximate surface area is 135 Å². The molecule has 0 unspecified atom stereocenters. The highest BCUT2D eigenvalue weighted by molar-refractivity contribution is 7.90. The third-order valence-corrected chi connectivity index (χ3v) is 4.89. The molecule has 1 aromatic carbocycles. The Morgan fingerprint density at radius 1 is 1.18 bits per heavy atom. The first kappa shape index (κ1) is 16.7. The summed E-state index contributed by atoms with van der Waals surface area (Å²) >= 11 is 11.5. The third-order valence-electron chi connectivity index (χ3n) is 2.84. The summed E-state index contributed by atoms with van der Waals surface area (Å²) < 4.78 is 40.0. The second-order valence-electron chi connectivity index (χ2n) is 4.27. The molecule has 0 saturated heterocycles. The van der Waals surface area contributed by atoms with Crippen molar-refractivity contribution in [2.45, 2.75) is 4.90 Å². The van der Waals surface area contributed by atoms with Crippen LogP contribution in [0.4, 0.5) is 4.39 Å². The molecule has 1 aromatic heterocycles. The van der Waals surface area contributed by atoms with E-state index >= 15 is 0 Å². The van der Waals surface area contributed by atoms with Crippen LogP contribution in [-0.4, -0.2) is 24.0 Å². The molecule has 0 fully saturated rings. The second-order valence-corrected chi connectivity index (χ2v) is 6.96. The highest BCUT2D eigenvalue weighted by Crippen LogP contribution is 2.23. The Balaban J connectivity index is 2.84. The molecular weight excluding hydrogens is 356 g/mol. The van der Waals surface area contributed by atoms with E-state index in [0.29, 0.717) is 6.20 Å². The maximum atomic E-state index is 13.9. The van der Waals surface area contributed by atoms with Crippen LogP contribution in [0.3, 0.4) is 0 Å². The van der Waals surface area contributed by atoms with Crippen LogP contribution in [-0.2, 0) is 17.1 Å². The molecule has 0 atom stereocenters. The Hall–Kier alpha value is -1.64. The van der Waals surface area contributed by atoms with Gasteiger partial charge in [-0.25, -0.2) is 17.6 Å². The molecule has 22 heavy (non-hydrogen) atoms. The van der Waals surface area contributed by atoms with Crippen LogP contribution in [0.15, 0.2) is 39.1 Å². The van der Waals surface area contributed by atoms with Crippen LogP contribution in [0, 0.1) is 5.82 Å². The molecular formula is C12H10Cl2FN3O3S. The predicted octanol–water partition coefficient (Wildman–Crippen LogP) is 1.40. The Bertz CT molecular complexity index is 960. The molecule has 0 radical (unpaired) electrons. The summed E-state index contributed by atoms with van der Waals surface area (Å²) in [6.45, 7) is 0. The fourth-order valence-corrected chi connectivity index (χ4v) is 3.83. The molecule has 0 aliphatic rings. The van der Waals surface area contributed by atoms with Gasteiger partial charge in [-0.15, -0.1) is 0 Å². The number of nitrogens with zero attached hydrogens (tertiary/aromatic N) is 3. The van der Waals surface area contributed by atoms with E-state index in [9.17, 15) is 17.6 Å². The minimum absolute atomic E-state index is 0.0733. The molecule has 2 aromatic rings. The van der Waals surface area contributed by atoms with E-state index in [1.54, 1.807) is 0 Å². The van der Waals surface area contributed by atoms with Crippen molar-refractivity contribution in [1.82, 2.24) is 8.54 Å². The number of aromatic nitrogens is 2. The second kappa shape index (κ2) is 5.86. The average molecular weight is 366 g/mol. The third kappa shape index (κ3) is 2.81. The van der Waals surface area contributed by atoms with Gasteiger partial charge in [0.1, 0.15) is 0 Å². The number of hydrogen-bond donors (Lipinski definition) is 0. The molecule has 10 heteroatoms. The van der Waals surface area contributed by atoms with Crippen LogP contribution >= 0.6 is 23.2 Å². The highest BCUT2D eigenvalue weighted by atomic mass is 35.5. The lowest BCUT2D eigenvalue weighted by Crippen LogP contribution is -2.42. The van der Waals surface area contributed by atoms with Gasteiger partial charge in [0.2, 0.25) is 0 Å². The lowest BCUT2D eigenvalue weighted by molar-refractivity contribution is 0.537. The van der Waals surface area contributed by atoms with Gasteiger partial charge in [0.25, 0.3) is 10.0 Å². The van der Waals surface area contributed by atoms with Gasteiger partial charge in [0, 0.05) is 24.1 Å². The fraction of sp³-hybridized carbons (Fsp3) is 0.167. The van der Waals surface area contributed by atoms with Gasteiger partial charge in [-0.05, 0) is 18.2 Å². The zero-order valence-electron chi connectivity index (χ0n) is 11.4. The summed E-state index contributed by atoms with van der Waals surface area (Å²) in [7, 11) is -1.85. The van der Waals surface area contributed by atoms with Gasteiger partial charge >= 0.3 is 5.69 Å². The summed E-state index contributed by atoms with van der Waals surface area (Å²) in [5.74, 6) is -0.957. The standard InChI is InChI=1S/C12H10Cl2FN3O3S/c1-16-11-10(15)6-18(12(19)17(11)2)22(20,21)9-4-7(13)3-8(14)5-9/h3-6H,1-2H3. The molecule has 0 aliphatic heterocycles. The summed E-state index contributed by atoms with van der Waals surface area (Å²) in [4.78, 5) is 15.4. The number of hydrogen-bond acceptors (Lipinski definition) is 4.